The van der Waals surface area contributed by atoms with Crippen LogP contribution >= 0.6 is 0 Å². The third-order valence-corrected chi connectivity index (χ3v) is 2.82. The maximum absolute atomic E-state index is 10.6. The molecule has 0 heterocycles. The summed E-state index contributed by atoms with van der Waals surface area (Å²) in [5.74, 6) is -0.390. The van der Waals surface area contributed by atoms with Gasteiger partial charge in [0.15, 0.2) is 0 Å². The van der Waals surface area contributed by atoms with Crippen LogP contribution in [-0.2, 0) is 4.79 Å². The van der Waals surface area contributed by atoms with E-state index in [9.17, 15) is 4.79 Å². The molecule has 5 N–H and O–H groups in total. The first kappa shape index (κ1) is 10.5. The Morgan fingerprint density at radius 1 is 1.62 bits per heavy atom. The highest BCUT2D eigenvalue weighted by atomic mass is 16.4. The van der Waals surface area contributed by atoms with Crippen LogP contribution in [0.25, 0.3) is 0 Å². The van der Waals surface area contributed by atoms with Gasteiger partial charge in [0.25, 0.3) is 0 Å². The summed E-state index contributed by atoms with van der Waals surface area (Å²) in [5, 5.41) is 8.68. The van der Waals surface area contributed by atoms with E-state index in [0.717, 1.165) is 25.7 Å². The number of aliphatic carboxylic acids is 1. The average Bonchev–Trinajstić information content (AvgIpc) is 2.02. The molecule has 1 aliphatic carbocycles. The molecule has 0 saturated heterocycles. The third-order valence-electron chi connectivity index (χ3n) is 2.82. The molecule has 0 amide bonds. The van der Waals surface area contributed by atoms with Gasteiger partial charge in [-0.05, 0) is 31.7 Å². The summed E-state index contributed by atoms with van der Waals surface area (Å²) in [6.45, 7) is 0.624. The molecule has 0 aromatic heterocycles. The third kappa shape index (κ3) is 2.97. The normalized spacial score (nSPS) is 34.5. The Labute approximate surface area is 78.3 Å². The number of rotatable bonds is 3. The molecule has 1 fully saturated rings. The van der Waals surface area contributed by atoms with Crippen molar-refractivity contribution in [2.45, 2.75) is 37.6 Å². The van der Waals surface area contributed by atoms with E-state index >= 15 is 0 Å². The summed E-state index contributed by atoms with van der Waals surface area (Å²) in [6, 6.07) is 0. The van der Waals surface area contributed by atoms with Gasteiger partial charge in [-0.1, -0.05) is 6.42 Å². The number of hydrogen-bond acceptors (Lipinski definition) is 3. The molecule has 2 atom stereocenters. The fourth-order valence-electron chi connectivity index (χ4n) is 2.18. The van der Waals surface area contributed by atoms with Crippen molar-refractivity contribution in [3.8, 4) is 0 Å². The number of carboxylic acid groups (broad SMARTS) is 1. The Balaban J connectivity index is 2.51. The van der Waals surface area contributed by atoms with Crippen molar-refractivity contribution in [2.75, 3.05) is 6.54 Å². The number of hydrogen-bond donors (Lipinski definition) is 3. The number of carbonyl (C=O) groups is 1. The summed E-state index contributed by atoms with van der Waals surface area (Å²) < 4.78 is 0. The topological polar surface area (TPSA) is 89.3 Å². The summed E-state index contributed by atoms with van der Waals surface area (Å²) >= 11 is 0. The van der Waals surface area contributed by atoms with Crippen LogP contribution < -0.4 is 11.5 Å². The van der Waals surface area contributed by atoms with E-state index in [0.29, 0.717) is 12.5 Å². The zero-order valence-corrected chi connectivity index (χ0v) is 7.83. The molecular weight excluding hydrogens is 168 g/mol. The predicted octanol–water partition coefficient (Wildman–Crippen LogP) is 0.308. The van der Waals surface area contributed by atoms with E-state index in [1.807, 2.05) is 0 Å². The molecule has 0 aliphatic heterocycles. The zero-order valence-electron chi connectivity index (χ0n) is 7.83. The predicted molar refractivity (Wildman–Crippen MR) is 50.2 cm³/mol. The quantitative estimate of drug-likeness (QED) is 0.591. The lowest BCUT2D eigenvalue weighted by Gasteiger charge is -2.36. The molecule has 76 valence electrons. The van der Waals surface area contributed by atoms with Crippen molar-refractivity contribution in [3.63, 3.8) is 0 Å². The first-order chi connectivity index (χ1) is 6.06. The van der Waals surface area contributed by atoms with Crippen LogP contribution in [0.15, 0.2) is 0 Å². The van der Waals surface area contributed by atoms with E-state index < -0.39 is 11.5 Å². The van der Waals surface area contributed by atoms with Crippen molar-refractivity contribution < 1.29 is 9.90 Å². The monoisotopic (exact) mass is 186 g/mol. The van der Waals surface area contributed by atoms with Crippen LogP contribution in [0.3, 0.4) is 0 Å². The van der Waals surface area contributed by atoms with E-state index in [1.54, 1.807) is 0 Å². The largest absolute Gasteiger partial charge is 0.481 e. The summed E-state index contributed by atoms with van der Waals surface area (Å²) in [6.07, 6.45) is 3.75. The molecule has 1 saturated carbocycles. The van der Waals surface area contributed by atoms with Crippen LogP contribution in [0.5, 0.6) is 0 Å². The maximum atomic E-state index is 10.6. The lowest BCUT2D eigenvalue weighted by molar-refractivity contribution is -0.138. The second-order valence-electron chi connectivity index (χ2n) is 4.13. The highest BCUT2D eigenvalue weighted by Gasteiger charge is 2.33. The van der Waals surface area contributed by atoms with Crippen LogP contribution in [-0.4, -0.2) is 23.2 Å². The van der Waals surface area contributed by atoms with Gasteiger partial charge in [-0.25, -0.2) is 0 Å². The lowest BCUT2D eigenvalue weighted by Crippen LogP contribution is -2.47. The van der Waals surface area contributed by atoms with Crippen LogP contribution in [0.2, 0.25) is 0 Å². The fraction of sp³-hybridized carbons (Fsp3) is 0.889. The highest BCUT2D eigenvalue weighted by molar-refractivity contribution is 5.68. The minimum Gasteiger partial charge on any atom is -0.481 e. The number of nitrogens with two attached hydrogens (primary N) is 2. The Hall–Kier alpha value is -0.610. The summed E-state index contributed by atoms with van der Waals surface area (Å²) in [7, 11) is 0. The molecule has 0 aromatic carbocycles. The zero-order chi connectivity index (χ0) is 9.90. The van der Waals surface area contributed by atoms with Crippen LogP contribution in [0, 0.1) is 5.92 Å². The Morgan fingerprint density at radius 3 is 2.85 bits per heavy atom. The fourth-order valence-corrected chi connectivity index (χ4v) is 2.18. The molecule has 0 aromatic rings. The van der Waals surface area contributed by atoms with Gasteiger partial charge in [0, 0.05) is 5.54 Å². The van der Waals surface area contributed by atoms with E-state index in [2.05, 4.69) is 0 Å². The molecule has 1 rings (SSSR count). The molecule has 0 bridgehead atoms. The SMILES string of the molecule is NCC1CCCC(N)(CC(=O)O)C1. The smallest absolute Gasteiger partial charge is 0.305 e. The van der Waals surface area contributed by atoms with Gasteiger partial charge in [0.1, 0.15) is 0 Å². The van der Waals surface area contributed by atoms with Crippen molar-refractivity contribution in [1.29, 1.82) is 0 Å². The Kier molecular flexibility index (Phi) is 3.27. The standard InChI is InChI=1S/C9H18N2O2/c10-6-7-2-1-3-9(11,4-7)5-8(12)13/h7H,1-6,10-11H2,(H,12,13). The lowest BCUT2D eigenvalue weighted by atomic mass is 9.74. The van der Waals surface area contributed by atoms with Gasteiger partial charge >= 0.3 is 5.97 Å². The molecule has 4 nitrogen and oxygen atoms in total. The van der Waals surface area contributed by atoms with E-state index in [1.165, 1.54) is 0 Å². The summed E-state index contributed by atoms with van der Waals surface area (Å²) in [4.78, 5) is 10.6. The van der Waals surface area contributed by atoms with Gasteiger partial charge < -0.3 is 16.6 Å². The number of carboxylic acids is 1. The van der Waals surface area contributed by atoms with Crippen molar-refractivity contribution in [3.05, 3.63) is 0 Å². The molecule has 4 heteroatoms. The summed E-state index contributed by atoms with van der Waals surface area (Å²) in [5.41, 5.74) is 11.0. The second-order valence-corrected chi connectivity index (χ2v) is 4.13. The van der Waals surface area contributed by atoms with Gasteiger partial charge in [0.2, 0.25) is 0 Å². The van der Waals surface area contributed by atoms with Crippen molar-refractivity contribution in [1.82, 2.24) is 0 Å². The van der Waals surface area contributed by atoms with E-state index in [-0.39, 0.29) is 6.42 Å². The van der Waals surface area contributed by atoms with Crippen LogP contribution in [0.1, 0.15) is 32.1 Å². The molecule has 0 radical (unpaired) electrons. The van der Waals surface area contributed by atoms with Crippen molar-refractivity contribution >= 4 is 5.97 Å². The Bertz CT molecular complexity index is 196. The van der Waals surface area contributed by atoms with Crippen molar-refractivity contribution in [2.24, 2.45) is 17.4 Å². The molecular formula is C9H18N2O2. The minimum atomic E-state index is -0.805. The van der Waals surface area contributed by atoms with Gasteiger partial charge in [0.05, 0.1) is 6.42 Å². The molecule has 13 heavy (non-hydrogen) atoms. The molecule has 2 unspecified atom stereocenters. The highest BCUT2D eigenvalue weighted by Crippen LogP contribution is 2.32. The maximum Gasteiger partial charge on any atom is 0.305 e. The average molecular weight is 186 g/mol. The molecule has 0 spiro atoms. The van der Waals surface area contributed by atoms with E-state index in [4.69, 9.17) is 16.6 Å². The molecule has 1 aliphatic rings. The second kappa shape index (κ2) is 4.07. The van der Waals surface area contributed by atoms with Crippen LogP contribution in [0.4, 0.5) is 0 Å². The van der Waals surface area contributed by atoms with Gasteiger partial charge in [-0.2, -0.15) is 0 Å². The van der Waals surface area contributed by atoms with Gasteiger partial charge in [-0.3, -0.25) is 4.79 Å². The first-order valence-electron chi connectivity index (χ1n) is 4.76. The minimum absolute atomic E-state index is 0.0729. The van der Waals surface area contributed by atoms with Gasteiger partial charge in [-0.15, -0.1) is 0 Å². The first-order valence-corrected chi connectivity index (χ1v) is 4.76. The Morgan fingerprint density at radius 2 is 2.31 bits per heavy atom.